The van der Waals surface area contributed by atoms with E-state index in [2.05, 4.69) is 59.6 Å². The van der Waals surface area contributed by atoms with Crippen LogP contribution >= 0.6 is 12.6 Å². The second-order valence-corrected chi connectivity index (χ2v) is 11.8. The van der Waals surface area contributed by atoms with Crippen molar-refractivity contribution in [2.45, 2.75) is 51.3 Å². The molecule has 0 spiro atoms. The molecule has 0 aliphatic carbocycles. The summed E-state index contributed by atoms with van der Waals surface area (Å²) in [5, 5.41) is 27.4. The summed E-state index contributed by atoms with van der Waals surface area (Å²) in [5.74, 6) is 0.226. The highest BCUT2D eigenvalue weighted by molar-refractivity contribution is 7.81. The SMILES string of the molecule is C=C.CC(C)c1cc(-c2n[nH]c(=O)n2-c2ccc(CN3CCN(CCC(C)(C)S)CC3)cc2)c(O)cc1O. The average Bonchev–Trinajstić information content (AvgIpc) is 3.25. The standard InChI is InChI=1S/C27H37N5O3S.C2H4/c1-18(2)21-15-22(24(34)16-23(21)33)25-28-29-26(35)32(25)20-7-5-19(6-8-20)17-31-13-11-30(12-14-31)10-9-27(3,4)36;1-2/h5-8,15-16,18,33-34,36H,9-14,17H2,1-4H3,(H,29,35);1-2H2. The molecule has 0 atom stereocenters. The van der Waals surface area contributed by atoms with Gasteiger partial charge in [0.1, 0.15) is 11.5 Å². The minimum absolute atomic E-state index is 0.0198. The smallest absolute Gasteiger partial charge is 0.348 e. The number of hydrogen-bond acceptors (Lipinski definition) is 7. The van der Waals surface area contributed by atoms with Gasteiger partial charge in [-0.25, -0.2) is 14.5 Å². The molecule has 0 radical (unpaired) electrons. The van der Waals surface area contributed by atoms with Crippen molar-refractivity contribution in [3.63, 3.8) is 0 Å². The number of rotatable bonds is 8. The lowest BCUT2D eigenvalue weighted by Crippen LogP contribution is -2.46. The van der Waals surface area contributed by atoms with Crippen molar-refractivity contribution in [1.82, 2.24) is 24.6 Å². The van der Waals surface area contributed by atoms with Crippen LogP contribution in [0.5, 0.6) is 11.5 Å². The molecule has 0 amide bonds. The largest absolute Gasteiger partial charge is 0.508 e. The summed E-state index contributed by atoms with van der Waals surface area (Å²) in [5.41, 5.74) is 2.51. The maximum atomic E-state index is 12.7. The van der Waals surface area contributed by atoms with Crippen molar-refractivity contribution in [3.8, 4) is 28.6 Å². The van der Waals surface area contributed by atoms with E-state index in [1.807, 2.05) is 38.1 Å². The quantitative estimate of drug-likeness (QED) is 0.243. The van der Waals surface area contributed by atoms with Gasteiger partial charge in [-0.2, -0.15) is 17.7 Å². The van der Waals surface area contributed by atoms with Crippen LogP contribution in [0.25, 0.3) is 17.1 Å². The normalized spacial score (nSPS) is 14.9. The third kappa shape index (κ3) is 7.30. The van der Waals surface area contributed by atoms with Crippen LogP contribution in [0.4, 0.5) is 0 Å². The topological polar surface area (TPSA) is 97.6 Å². The van der Waals surface area contributed by atoms with E-state index in [0.29, 0.717) is 22.6 Å². The molecule has 0 saturated carbocycles. The number of hydrogen-bond donors (Lipinski definition) is 4. The molecule has 38 heavy (non-hydrogen) atoms. The first-order chi connectivity index (χ1) is 18.0. The van der Waals surface area contributed by atoms with Gasteiger partial charge in [-0.15, -0.1) is 13.2 Å². The van der Waals surface area contributed by atoms with E-state index in [4.69, 9.17) is 0 Å². The van der Waals surface area contributed by atoms with Crippen LogP contribution in [0.15, 0.2) is 54.4 Å². The number of benzene rings is 2. The lowest BCUT2D eigenvalue weighted by molar-refractivity contribution is 0.124. The molecule has 1 aliphatic rings. The first kappa shape index (κ1) is 29.5. The number of H-pyrrole nitrogens is 1. The molecule has 9 heteroatoms. The van der Waals surface area contributed by atoms with Crippen molar-refractivity contribution >= 4 is 12.6 Å². The number of thiol groups is 1. The molecule has 2 aromatic carbocycles. The molecular formula is C29H41N5O3S. The van der Waals surface area contributed by atoms with Gasteiger partial charge in [0.2, 0.25) is 0 Å². The van der Waals surface area contributed by atoms with Crippen molar-refractivity contribution in [3.05, 3.63) is 71.2 Å². The zero-order valence-electron chi connectivity index (χ0n) is 22.9. The lowest BCUT2D eigenvalue weighted by atomic mass is 9.98. The highest BCUT2D eigenvalue weighted by atomic mass is 32.1. The van der Waals surface area contributed by atoms with E-state index in [1.54, 1.807) is 6.07 Å². The number of phenolic OH excluding ortho intramolecular Hbond substituents is 2. The molecule has 1 aliphatic heterocycles. The van der Waals surface area contributed by atoms with Crippen LogP contribution in [-0.4, -0.2) is 72.2 Å². The second-order valence-electron chi connectivity index (χ2n) is 10.6. The highest BCUT2D eigenvalue weighted by Gasteiger charge is 2.21. The van der Waals surface area contributed by atoms with Crippen molar-refractivity contribution in [1.29, 1.82) is 0 Å². The molecule has 3 N–H and O–H groups in total. The molecule has 2 heterocycles. The minimum Gasteiger partial charge on any atom is -0.508 e. The van der Waals surface area contributed by atoms with Gasteiger partial charge in [-0.3, -0.25) is 4.90 Å². The minimum atomic E-state index is -0.392. The van der Waals surface area contributed by atoms with E-state index in [0.717, 1.165) is 45.7 Å². The van der Waals surface area contributed by atoms with Gasteiger partial charge in [-0.1, -0.05) is 39.8 Å². The highest BCUT2D eigenvalue weighted by Crippen LogP contribution is 2.37. The summed E-state index contributed by atoms with van der Waals surface area (Å²) in [7, 11) is 0. The summed E-state index contributed by atoms with van der Waals surface area (Å²) < 4.78 is 1.51. The number of piperazine rings is 1. The number of phenols is 2. The van der Waals surface area contributed by atoms with Crippen molar-refractivity contribution in [2.24, 2.45) is 0 Å². The summed E-state index contributed by atoms with van der Waals surface area (Å²) in [6.07, 6.45) is 1.08. The van der Waals surface area contributed by atoms with E-state index >= 15 is 0 Å². The van der Waals surface area contributed by atoms with Crippen LogP contribution in [0, 0.1) is 0 Å². The van der Waals surface area contributed by atoms with Crippen molar-refractivity contribution in [2.75, 3.05) is 32.7 Å². The first-order valence-corrected chi connectivity index (χ1v) is 13.5. The summed E-state index contributed by atoms with van der Waals surface area (Å²) in [4.78, 5) is 17.6. The fraction of sp³-hybridized carbons (Fsp3) is 0.448. The maximum Gasteiger partial charge on any atom is 0.348 e. The molecule has 1 saturated heterocycles. The molecule has 1 fully saturated rings. The second kappa shape index (κ2) is 12.7. The average molecular weight is 540 g/mol. The lowest BCUT2D eigenvalue weighted by Gasteiger charge is -2.35. The Morgan fingerprint density at radius 1 is 1.03 bits per heavy atom. The Labute approximate surface area is 231 Å². The zero-order chi connectivity index (χ0) is 28.0. The van der Waals surface area contributed by atoms with Gasteiger partial charge in [0.05, 0.1) is 11.3 Å². The Morgan fingerprint density at radius 3 is 2.21 bits per heavy atom. The third-order valence-corrected chi connectivity index (χ3v) is 7.01. The molecular weight excluding hydrogens is 498 g/mol. The van der Waals surface area contributed by atoms with E-state index in [1.165, 1.54) is 16.2 Å². The number of nitrogens with one attached hydrogen (secondary N) is 1. The summed E-state index contributed by atoms with van der Waals surface area (Å²) in [6.45, 7) is 20.3. The Kier molecular flexibility index (Phi) is 9.87. The van der Waals surface area contributed by atoms with E-state index in [-0.39, 0.29) is 22.2 Å². The Morgan fingerprint density at radius 2 is 1.63 bits per heavy atom. The van der Waals surface area contributed by atoms with Crippen LogP contribution in [-0.2, 0) is 6.54 Å². The van der Waals surface area contributed by atoms with Gasteiger partial charge < -0.3 is 15.1 Å². The zero-order valence-corrected chi connectivity index (χ0v) is 23.8. The molecule has 1 aromatic heterocycles. The molecule has 206 valence electrons. The predicted molar refractivity (Wildman–Crippen MR) is 158 cm³/mol. The third-order valence-electron chi connectivity index (χ3n) is 6.79. The number of aromatic amines is 1. The fourth-order valence-electron chi connectivity index (χ4n) is 4.56. The predicted octanol–water partition coefficient (Wildman–Crippen LogP) is 4.78. The number of aromatic nitrogens is 3. The van der Waals surface area contributed by atoms with E-state index < -0.39 is 5.69 Å². The number of aromatic hydroxyl groups is 2. The summed E-state index contributed by atoms with van der Waals surface area (Å²) in [6, 6.07) is 10.9. The Balaban J connectivity index is 0.00000195. The van der Waals surface area contributed by atoms with Crippen LogP contribution in [0.1, 0.15) is 51.2 Å². The molecule has 0 bridgehead atoms. The van der Waals surface area contributed by atoms with Crippen LogP contribution < -0.4 is 5.69 Å². The maximum absolute atomic E-state index is 12.7. The number of nitrogens with zero attached hydrogens (tertiary/aromatic N) is 4. The fourth-order valence-corrected chi connectivity index (χ4v) is 4.66. The van der Waals surface area contributed by atoms with E-state index in [9.17, 15) is 15.0 Å². The Bertz CT molecular complexity index is 1250. The molecule has 8 nitrogen and oxygen atoms in total. The first-order valence-electron chi connectivity index (χ1n) is 13.0. The Hall–Kier alpha value is -3.01. The van der Waals surface area contributed by atoms with Gasteiger partial charge in [0.25, 0.3) is 0 Å². The molecule has 0 unspecified atom stereocenters. The monoisotopic (exact) mass is 539 g/mol. The molecule has 4 rings (SSSR count). The molecule has 3 aromatic rings. The summed E-state index contributed by atoms with van der Waals surface area (Å²) >= 11 is 4.64. The van der Waals surface area contributed by atoms with Gasteiger partial charge in [-0.05, 0) is 48.2 Å². The van der Waals surface area contributed by atoms with Crippen LogP contribution in [0.2, 0.25) is 0 Å². The van der Waals surface area contributed by atoms with Crippen LogP contribution in [0.3, 0.4) is 0 Å². The van der Waals surface area contributed by atoms with Crippen molar-refractivity contribution < 1.29 is 10.2 Å². The van der Waals surface area contributed by atoms with Gasteiger partial charge >= 0.3 is 5.69 Å². The van der Waals surface area contributed by atoms with Gasteiger partial charge in [0.15, 0.2) is 5.82 Å². The van der Waals surface area contributed by atoms with Gasteiger partial charge in [0, 0.05) is 43.5 Å².